The van der Waals surface area contributed by atoms with E-state index >= 15 is 0 Å². The van der Waals surface area contributed by atoms with Gasteiger partial charge in [-0.1, -0.05) is 65.9 Å². The Balaban J connectivity index is 1.34. The van der Waals surface area contributed by atoms with Crippen molar-refractivity contribution < 1.29 is 4.79 Å². The predicted molar refractivity (Wildman–Crippen MR) is 123 cm³/mol. The lowest BCUT2D eigenvalue weighted by molar-refractivity contribution is -0.113. The van der Waals surface area contributed by atoms with Crippen molar-refractivity contribution in [3.05, 3.63) is 78.1 Å². The molecule has 0 atom stereocenters. The molecule has 0 aliphatic rings. The Morgan fingerprint density at radius 2 is 1.77 bits per heavy atom. The lowest BCUT2D eigenvalue weighted by atomic mass is 10.1. The lowest BCUT2D eigenvalue weighted by Crippen LogP contribution is -2.15. The average molecular weight is 418 g/mol. The highest BCUT2D eigenvalue weighted by atomic mass is 32.2. The molecule has 6 nitrogen and oxygen atoms in total. The minimum atomic E-state index is -0.0707. The second-order valence-corrected chi connectivity index (χ2v) is 7.98. The molecule has 30 heavy (non-hydrogen) atoms. The van der Waals surface area contributed by atoms with Gasteiger partial charge in [0.05, 0.1) is 12.3 Å². The number of amides is 1. The quantitative estimate of drug-likeness (QED) is 0.429. The molecule has 7 heteroatoms. The van der Waals surface area contributed by atoms with Crippen LogP contribution in [0.2, 0.25) is 0 Å². The number of hydrogen-bond acceptors (Lipinski definition) is 5. The number of carbonyl (C=O) groups is 1. The van der Waals surface area contributed by atoms with Crippen LogP contribution in [0.5, 0.6) is 0 Å². The first-order valence-electron chi connectivity index (χ1n) is 9.69. The number of benzene rings is 3. The number of aromatic nitrogens is 3. The van der Waals surface area contributed by atoms with E-state index in [-0.39, 0.29) is 11.7 Å². The van der Waals surface area contributed by atoms with E-state index in [2.05, 4.69) is 39.9 Å². The van der Waals surface area contributed by atoms with Gasteiger partial charge in [-0.3, -0.25) is 4.79 Å². The summed E-state index contributed by atoms with van der Waals surface area (Å²) < 4.78 is 1.91. The van der Waals surface area contributed by atoms with Crippen LogP contribution in [0, 0.1) is 6.92 Å². The molecule has 0 spiro atoms. The molecule has 0 aliphatic heterocycles. The van der Waals surface area contributed by atoms with Gasteiger partial charge in [0.25, 0.3) is 0 Å². The molecule has 0 unspecified atom stereocenters. The largest absolute Gasteiger partial charge is 0.378 e. The van der Waals surface area contributed by atoms with Crippen molar-refractivity contribution in [3.63, 3.8) is 0 Å². The minimum Gasteiger partial charge on any atom is -0.378 e. The zero-order valence-electron chi connectivity index (χ0n) is 16.9. The summed E-state index contributed by atoms with van der Waals surface area (Å²) in [4.78, 5) is 12.5. The third kappa shape index (κ3) is 4.63. The zero-order valence-corrected chi connectivity index (χ0v) is 17.7. The molecule has 0 radical (unpaired) electrons. The number of anilines is 2. The van der Waals surface area contributed by atoms with Crippen molar-refractivity contribution in [1.82, 2.24) is 14.8 Å². The molecule has 0 saturated heterocycles. The summed E-state index contributed by atoms with van der Waals surface area (Å²) >= 11 is 1.37. The number of hydrogen-bond donors (Lipinski definition) is 2. The van der Waals surface area contributed by atoms with Crippen LogP contribution >= 0.6 is 11.8 Å². The van der Waals surface area contributed by atoms with Gasteiger partial charge in [0.1, 0.15) is 0 Å². The van der Waals surface area contributed by atoms with Gasteiger partial charge < -0.3 is 15.2 Å². The van der Waals surface area contributed by atoms with Gasteiger partial charge in [-0.05, 0) is 30.5 Å². The molecule has 2 N–H and O–H groups in total. The summed E-state index contributed by atoms with van der Waals surface area (Å²) in [6.07, 6.45) is 0. The van der Waals surface area contributed by atoms with Gasteiger partial charge in [0.15, 0.2) is 11.0 Å². The summed E-state index contributed by atoms with van der Waals surface area (Å²) in [5.41, 5.74) is 3.08. The maximum atomic E-state index is 12.5. The molecule has 0 saturated carbocycles. The van der Waals surface area contributed by atoms with Crippen LogP contribution in [0.3, 0.4) is 0 Å². The SMILES string of the molecule is Cc1ccc(NCc2nnc(SCC(=O)Nc3cccc4ccccc34)n2C)cc1. The van der Waals surface area contributed by atoms with E-state index in [9.17, 15) is 4.79 Å². The first-order chi connectivity index (χ1) is 14.6. The highest BCUT2D eigenvalue weighted by Gasteiger charge is 2.12. The Morgan fingerprint density at radius 3 is 2.60 bits per heavy atom. The molecule has 152 valence electrons. The van der Waals surface area contributed by atoms with Gasteiger partial charge in [-0.15, -0.1) is 10.2 Å². The fourth-order valence-corrected chi connectivity index (χ4v) is 3.86. The summed E-state index contributed by atoms with van der Waals surface area (Å²) in [7, 11) is 1.91. The average Bonchev–Trinajstić information content (AvgIpc) is 3.11. The van der Waals surface area contributed by atoms with Crippen molar-refractivity contribution in [3.8, 4) is 0 Å². The topological polar surface area (TPSA) is 71.8 Å². The number of fused-ring (bicyclic) bond motifs is 1. The van der Waals surface area contributed by atoms with Crippen molar-refractivity contribution in [1.29, 1.82) is 0 Å². The Hall–Kier alpha value is -3.32. The van der Waals surface area contributed by atoms with E-state index in [1.54, 1.807) is 0 Å². The number of nitrogens with zero attached hydrogens (tertiary/aromatic N) is 3. The van der Waals surface area contributed by atoms with Crippen LogP contribution in [0.4, 0.5) is 11.4 Å². The standard InChI is InChI=1S/C23H23N5OS/c1-16-10-12-18(13-11-16)24-14-21-26-27-23(28(21)2)30-15-22(29)25-20-9-5-7-17-6-3-4-8-19(17)20/h3-13,24H,14-15H2,1-2H3,(H,25,29). The number of aryl methyl sites for hydroxylation is 1. The Morgan fingerprint density at radius 1 is 1.00 bits per heavy atom. The fourth-order valence-electron chi connectivity index (χ4n) is 3.13. The molecule has 1 heterocycles. The highest BCUT2D eigenvalue weighted by molar-refractivity contribution is 7.99. The Kier molecular flexibility index (Phi) is 5.99. The number of rotatable bonds is 7. The van der Waals surface area contributed by atoms with Crippen LogP contribution in [0.15, 0.2) is 71.9 Å². The molecule has 1 amide bonds. The third-order valence-electron chi connectivity index (χ3n) is 4.82. The summed E-state index contributed by atoms with van der Waals surface area (Å²) in [6, 6.07) is 22.1. The molecule has 0 bridgehead atoms. The van der Waals surface area contributed by atoms with Crippen molar-refractivity contribution in [2.24, 2.45) is 7.05 Å². The van der Waals surface area contributed by atoms with Crippen molar-refractivity contribution >= 4 is 39.8 Å². The molecule has 0 fully saturated rings. The van der Waals surface area contributed by atoms with Crippen LogP contribution in [-0.4, -0.2) is 26.4 Å². The van der Waals surface area contributed by atoms with E-state index in [0.29, 0.717) is 11.7 Å². The summed E-state index contributed by atoms with van der Waals surface area (Å²) in [5.74, 6) is 1.01. The first kappa shape index (κ1) is 20.0. The van der Waals surface area contributed by atoms with Gasteiger partial charge in [-0.2, -0.15) is 0 Å². The second-order valence-electron chi connectivity index (χ2n) is 7.04. The monoisotopic (exact) mass is 417 g/mol. The second kappa shape index (κ2) is 9.00. The normalized spacial score (nSPS) is 10.9. The van der Waals surface area contributed by atoms with Crippen LogP contribution in [0.25, 0.3) is 10.8 Å². The molecule has 1 aromatic heterocycles. The van der Waals surface area contributed by atoms with E-state index in [0.717, 1.165) is 28.0 Å². The molecule has 4 aromatic rings. The molecular formula is C23H23N5OS. The first-order valence-corrected chi connectivity index (χ1v) is 10.7. The van der Waals surface area contributed by atoms with Gasteiger partial charge in [-0.25, -0.2) is 0 Å². The molecule has 3 aromatic carbocycles. The van der Waals surface area contributed by atoms with Gasteiger partial charge >= 0.3 is 0 Å². The van der Waals surface area contributed by atoms with Crippen LogP contribution in [-0.2, 0) is 18.4 Å². The molecule has 0 aliphatic carbocycles. The lowest BCUT2D eigenvalue weighted by Gasteiger charge is -2.09. The Labute approximate surface area is 179 Å². The van der Waals surface area contributed by atoms with Crippen LogP contribution in [0.1, 0.15) is 11.4 Å². The number of nitrogens with one attached hydrogen (secondary N) is 2. The van der Waals surface area contributed by atoms with E-state index in [1.165, 1.54) is 17.3 Å². The smallest absolute Gasteiger partial charge is 0.234 e. The maximum Gasteiger partial charge on any atom is 0.234 e. The summed E-state index contributed by atoms with van der Waals surface area (Å²) in [5, 5.41) is 17.7. The molecular weight excluding hydrogens is 394 g/mol. The molecule has 4 rings (SSSR count). The predicted octanol–water partition coefficient (Wildman–Crippen LogP) is 4.62. The fraction of sp³-hybridized carbons (Fsp3) is 0.174. The van der Waals surface area contributed by atoms with E-state index in [4.69, 9.17) is 0 Å². The van der Waals surface area contributed by atoms with Crippen molar-refractivity contribution in [2.45, 2.75) is 18.6 Å². The zero-order chi connectivity index (χ0) is 20.9. The Bertz CT molecular complexity index is 1160. The highest BCUT2D eigenvalue weighted by Crippen LogP contribution is 2.24. The minimum absolute atomic E-state index is 0.0707. The number of carbonyl (C=O) groups excluding carboxylic acids is 1. The van der Waals surface area contributed by atoms with Gasteiger partial charge in [0.2, 0.25) is 5.91 Å². The van der Waals surface area contributed by atoms with Crippen molar-refractivity contribution in [2.75, 3.05) is 16.4 Å². The van der Waals surface area contributed by atoms with E-state index in [1.807, 2.05) is 66.2 Å². The summed E-state index contributed by atoms with van der Waals surface area (Å²) in [6.45, 7) is 2.63. The van der Waals surface area contributed by atoms with E-state index < -0.39 is 0 Å². The third-order valence-corrected chi connectivity index (χ3v) is 5.84. The van der Waals surface area contributed by atoms with Crippen LogP contribution < -0.4 is 10.6 Å². The maximum absolute atomic E-state index is 12.5. The van der Waals surface area contributed by atoms with Gasteiger partial charge in [0, 0.05) is 23.8 Å². The number of thioether (sulfide) groups is 1.